The summed E-state index contributed by atoms with van der Waals surface area (Å²) >= 11 is 0. The minimum atomic E-state index is -0.120. The van der Waals surface area contributed by atoms with Crippen molar-refractivity contribution in [2.75, 3.05) is 13.7 Å². The van der Waals surface area contributed by atoms with Crippen molar-refractivity contribution in [3.63, 3.8) is 0 Å². The summed E-state index contributed by atoms with van der Waals surface area (Å²) in [6.07, 6.45) is 0.858. The Morgan fingerprint density at radius 2 is 1.68 bits per heavy atom. The minimum absolute atomic E-state index is 0.00214. The van der Waals surface area contributed by atoms with Crippen LogP contribution in [-0.4, -0.2) is 19.6 Å². The highest BCUT2D eigenvalue weighted by Crippen LogP contribution is 2.31. The van der Waals surface area contributed by atoms with Crippen LogP contribution in [0.15, 0.2) is 48.5 Å². The Kier molecular flexibility index (Phi) is 7.50. The first-order valence-electron chi connectivity index (χ1n) is 9.86. The van der Waals surface area contributed by atoms with Gasteiger partial charge in [-0.3, -0.25) is 4.79 Å². The molecular weight excluding hydrogens is 350 g/mol. The Labute approximate surface area is 169 Å². The quantitative estimate of drug-likeness (QED) is 0.675. The van der Waals surface area contributed by atoms with Gasteiger partial charge < -0.3 is 14.8 Å². The second-order valence-corrected chi connectivity index (χ2v) is 8.56. The van der Waals surface area contributed by atoms with Crippen LogP contribution in [0.5, 0.6) is 11.5 Å². The fourth-order valence-electron chi connectivity index (χ4n) is 3.18. The summed E-state index contributed by atoms with van der Waals surface area (Å²) in [5, 5.41) is 3.13. The van der Waals surface area contributed by atoms with Gasteiger partial charge >= 0.3 is 0 Å². The van der Waals surface area contributed by atoms with Crippen LogP contribution in [0.1, 0.15) is 58.2 Å². The summed E-state index contributed by atoms with van der Waals surface area (Å²) in [5.41, 5.74) is 2.12. The predicted molar refractivity (Wildman–Crippen MR) is 114 cm³/mol. The molecule has 4 heteroatoms. The van der Waals surface area contributed by atoms with E-state index in [9.17, 15) is 4.79 Å². The summed E-state index contributed by atoms with van der Waals surface area (Å²) in [4.78, 5) is 12.6. The summed E-state index contributed by atoms with van der Waals surface area (Å²) in [6, 6.07) is 15.7. The van der Waals surface area contributed by atoms with E-state index in [1.165, 1.54) is 0 Å². The van der Waals surface area contributed by atoms with Crippen LogP contribution >= 0.6 is 0 Å². The molecule has 0 saturated heterocycles. The molecule has 28 heavy (non-hydrogen) atoms. The van der Waals surface area contributed by atoms with Gasteiger partial charge in [-0.15, -0.1) is 0 Å². The lowest BCUT2D eigenvalue weighted by Gasteiger charge is -2.24. The molecule has 0 aliphatic heterocycles. The standard InChI is InChI=1S/C24H33NO3/c1-17(2)15-21(18-11-13-19(27-6)14-12-18)25-23(26)16-28-22-10-8-7-9-20(22)24(3,4)5/h7-14,17,21H,15-16H2,1-6H3,(H,25,26). The van der Waals surface area contributed by atoms with E-state index in [-0.39, 0.29) is 24.0 Å². The number of benzene rings is 2. The highest BCUT2D eigenvalue weighted by atomic mass is 16.5. The number of rotatable bonds is 8. The zero-order valence-electron chi connectivity index (χ0n) is 17.9. The van der Waals surface area contributed by atoms with Crippen molar-refractivity contribution < 1.29 is 14.3 Å². The summed E-state index contributed by atoms with van der Waals surface area (Å²) in [5.74, 6) is 1.90. The first kappa shape index (κ1) is 21.8. The van der Waals surface area contributed by atoms with Crippen molar-refractivity contribution in [1.82, 2.24) is 5.32 Å². The Bertz CT molecular complexity index is 760. The number of hydrogen-bond acceptors (Lipinski definition) is 3. The van der Waals surface area contributed by atoms with Crippen LogP contribution in [0.25, 0.3) is 0 Å². The van der Waals surface area contributed by atoms with Crippen LogP contribution in [0.4, 0.5) is 0 Å². The Hall–Kier alpha value is -2.49. The van der Waals surface area contributed by atoms with Gasteiger partial charge in [0.1, 0.15) is 11.5 Å². The van der Waals surface area contributed by atoms with Gasteiger partial charge in [0.15, 0.2) is 6.61 Å². The molecule has 4 nitrogen and oxygen atoms in total. The van der Waals surface area contributed by atoms with Gasteiger partial charge in [0.25, 0.3) is 5.91 Å². The summed E-state index contributed by atoms with van der Waals surface area (Å²) in [6.45, 7) is 10.7. The van der Waals surface area contributed by atoms with Crippen molar-refractivity contribution in [3.05, 3.63) is 59.7 Å². The van der Waals surface area contributed by atoms with E-state index in [2.05, 4.69) is 39.9 Å². The number of carbonyl (C=O) groups is 1. The number of para-hydroxylation sites is 1. The van der Waals surface area contributed by atoms with Crippen LogP contribution in [0.3, 0.4) is 0 Å². The second kappa shape index (κ2) is 9.63. The number of ether oxygens (including phenoxy) is 2. The summed E-state index contributed by atoms with van der Waals surface area (Å²) < 4.78 is 11.1. The third kappa shape index (κ3) is 6.29. The largest absolute Gasteiger partial charge is 0.497 e. The number of methoxy groups -OCH3 is 1. The second-order valence-electron chi connectivity index (χ2n) is 8.56. The highest BCUT2D eigenvalue weighted by Gasteiger charge is 2.20. The number of amides is 1. The number of nitrogens with one attached hydrogen (secondary N) is 1. The van der Waals surface area contributed by atoms with Gasteiger partial charge in [0.2, 0.25) is 0 Å². The molecule has 152 valence electrons. The molecule has 1 N–H and O–H groups in total. The molecule has 1 amide bonds. The van der Waals surface area contributed by atoms with E-state index in [4.69, 9.17) is 9.47 Å². The molecule has 2 aromatic rings. The molecule has 0 heterocycles. The normalized spacial score (nSPS) is 12.5. The highest BCUT2D eigenvalue weighted by molar-refractivity contribution is 5.78. The van der Waals surface area contributed by atoms with E-state index in [0.717, 1.165) is 29.0 Å². The molecule has 0 radical (unpaired) electrons. The molecule has 1 atom stereocenters. The number of carbonyl (C=O) groups excluding carboxylic acids is 1. The molecular formula is C24H33NO3. The Balaban J connectivity index is 2.06. The predicted octanol–water partition coefficient (Wildman–Crippen LogP) is 5.28. The lowest BCUT2D eigenvalue weighted by Crippen LogP contribution is -2.33. The van der Waals surface area contributed by atoms with Crippen LogP contribution in [0, 0.1) is 5.92 Å². The van der Waals surface area contributed by atoms with Crippen LogP contribution in [-0.2, 0) is 10.2 Å². The van der Waals surface area contributed by atoms with Gasteiger partial charge in [0.05, 0.1) is 13.2 Å². The van der Waals surface area contributed by atoms with Crippen LogP contribution in [0.2, 0.25) is 0 Å². The maximum absolute atomic E-state index is 12.6. The van der Waals surface area contributed by atoms with Crippen molar-refractivity contribution in [2.45, 2.75) is 52.5 Å². The molecule has 0 aliphatic carbocycles. The van der Waals surface area contributed by atoms with E-state index in [1.54, 1.807) is 7.11 Å². The van der Waals surface area contributed by atoms with E-state index in [0.29, 0.717) is 5.92 Å². The molecule has 0 saturated carbocycles. The average Bonchev–Trinajstić information content (AvgIpc) is 2.65. The number of hydrogen-bond donors (Lipinski definition) is 1. The molecule has 2 rings (SSSR count). The molecule has 2 aromatic carbocycles. The van der Waals surface area contributed by atoms with Crippen molar-refractivity contribution in [1.29, 1.82) is 0 Å². The topological polar surface area (TPSA) is 47.6 Å². The van der Waals surface area contributed by atoms with Gasteiger partial charge in [-0.25, -0.2) is 0 Å². The fourth-order valence-corrected chi connectivity index (χ4v) is 3.18. The average molecular weight is 384 g/mol. The fraction of sp³-hybridized carbons (Fsp3) is 0.458. The molecule has 1 unspecified atom stereocenters. The van der Waals surface area contributed by atoms with Gasteiger partial charge in [-0.1, -0.05) is 65.0 Å². The lowest BCUT2D eigenvalue weighted by molar-refractivity contribution is -0.124. The van der Waals surface area contributed by atoms with Crippen LogP contribution < -0.4 is 14.8 Å². The third-order valence-electron chi connectivity index (χ3n) is 4.61. The molecule has 0 fully saturated rings. The van der Waals surface area contributed by atoms with Gasteiger partial charge in [-0.2, -0.15) is 0 Å². The van der Waals surface area contributed by atoms with Crippen molar-refractivity contribution in [3.8, 4) is 11.5 Å². The van der Waals surface area contributed by atoms with Gasteiger partial charge in [-0.05, 0) is 47.1 Å². The first-order chi connectivity index (χ1) is 13.2. The zero-order chi connectivity index (χ0) is 20.7. The lowest BCUT2D eigenvalue weighted by atomic mass is 9.86. The van der Waals surface area contributed by atoms with Gasteiger partial charge in [0, 0.05) is 0 Å². The SMILES string of the molecule is COc1ccc(C(CC(C)C)NC(=O)COc2ccccc2C(C)(C)C)cc1. The smallest absolute Gasteiger partial charge is 0.258 e. The van der Waals surface area contributed by atoms with Crippen molar-refractivity contribution in [2.24, 2.45) is 5.92 Å². The third-order valence-corrected chi connectivity index (χ3v) is 4.61. The maximum Gasteiger partial charge on any atom is 0.258 e. The maximum atomic E-state index is 12.6. The molecule has 0 bridgehead atoms. The Morgan fingerprint density at radius 3 is 2.25 bits per heavy atom. The minimum Gasteiger partial charge on any atom is -0.497 e. The molecule has 0 spiro atoms. The zero-order valence-corrected chi connectivity index (χ0v) is 17.9. The monoisotopic (exact) mass is 383 g/mol. The molecule has 0 aliphatic rings. The first-order valence-corrected chi connectivity index (χ1v) is 9.86. The van der Waals surface area contributed by atoms with E-state index >= 15 is 0 Å². The van der Waals surface area contributed by atoms with E-state index in [1.807, 2.05) is 48.5 Å². The summed E-state index contributed by atoms with van der Waals surface area (Å²) in [7, 11) is 1.65. The van der Waals surface area contributed by atoms with Crippen molar-refractivity contribution >= 4 is 5.91 Å². The Morgan fingerprint density at radius 1 is 1.04 bits per heavy atom. The molecule has 0 aromatic heterocycles. The van der Waals surface area contributed by atoms with E-state index < -0.39 is 0 Å².